The number of nitrogens with zero attached hydrogens (tertiary/aromatic N) is 1. The second-order valence-corrected chi connectivity index (χ2v) is 11.8. The van der Waals surface area contributed by atoms with E-state index in [0.29, 0.717) is 18.9 Å². The second kappa shape index (κ2) is 16.5. The first-order valence-electron chi connectivity index (χ1n) is 15.5. The first-order valence-corrected chi connectivity index (χ1v) is 15.5. The number of ether oxygens (including phenoxy) is 2. The standard InChI is InChI=1S/C35H52N2O3/c1-7-10-12-13-15-28-23-29(24-32(35(4,5)6)33(28)39-21-14-11-8-2)34-37-30(26-40-34)20-22-38-31-18-16-27(17-19-31)25-36-9-3/h16-19,23-24,26,36H,7-15,20-22,25H2,1-6H3. The van der Waals surface area contributed by atoms with Gasteiger partial charge in [-0.1, -0.05) is 85.8 Å². The third-order valence-electron chi connectivity index (χ3n) is 7.20. The molecule has 0 spiro atoms. The molecule has 0 atom stereocenters. The second-order valence-electron chi connectivity index (χ2n) is 11.8. The van der Waals surface area contributed by atoms with Crippen LogP contribution in [0.1, 0.15) is 109 Å². The van der Waals surface area contributed by atoms with Crippen molar-refractivity contribution in [1.82, 2.24) is 10.3 Å². The van der Waals surface area contributed by atoms with Gasteiger partial charge in [0.15, 0.2) is 0 Å². The van der Waals surface area contributed by atoms with Crippen LogP contribution in [0.25, 0.3) is 11.5 Å². The fraction of sp³-hybridized carbons (Fsp3) is 0.571. The van der Waals surface area contributed by atoms with E-state index in [1.807, 2.05) is 12.1 Å². The predicted molar refractivity (Wildman–Crippen MR) is 167 cm³/mol. The number of benzene rings is 2. The largest absolute Gasteiger partial charge is 0.493 e. The van der Waals surface area contributed by atoms with Crippen molar-refractivity contribution in [3.63, 3.8) is 0 Å². The minimum absolute atomic E-state index is 0.0559. The summed E-state index contributed by atoms with van der Waals surface area (Å²) in [7, 11) is 0. The summed E-state index contributed by atoms with van der Waals surface area (Å²) in [6, 6.07) is 12.8. The molecule has 3 aromatic rings. The third-order valence-corrected chi connectivity index (χ3v) is 7.20. The van der Waals surface area contributed by atoms with E-state index in [0.717, 1.165) is 61.7 Å². The topological polar surface area (TPSA) is 56.5 Å². The van der Waals surface area contributed by atoms with Gasteiger partial charge in [-0.2, -0.15) is 0 Å². The lowest BCUT2D eigenvalue weighted by Crippen LogP contribution is -2.16. The van der Waals surface area contributed by atoms with E-state index in [-0.39, 0.29) is 5.41 Å². The van der Waals surface area contributed by atoms with Gasteiger partial charge in [0, 0.05) is 24.1 Å². The Morgan fingerprint density at radius 1 is 0.825 bits per heavy atom. The van der Waals surface area contributed by atoms with E-state index < -0.39 is 0 Å². The van der Waals surface area contributed by atoms with E-state index in [1.165, 1.54) is 48.8 Å². The SMILES string of the molecule is CCCCCCc1cc(-c2nc(CCOc3ccc(CNCC)cc3)co2)cc(C(C)(C)C)c1OCCCCC. The van der Waals surface area contributed by atoms with Crippen LogP contribution in [0.5, 0.6) is 11.5 Å². The zero-order valence-electron chi connectivity index (χ0n) is 25.9. The van der Waals surface area contributed by atoms with Gasteiger partial charge in [0.2, 0.25) is 5.89 Å². The molecule has 0 aliphatic heterocycles. The summed E-state index contributed by atoms with van der Waals surface area (Å²) in [6.45, 7) is 16.5. The highest BCUT2D eigenvalue weighted by Gasteiger charge is 2.24. The predicted octanol–water partition coefficient (Wildman–Crippen LogP) is 9.06. The van der Waals surface area contributed by atoms with Gasteiger partial charge in [-0.15, -0.1) is 0 Å². The Balaban J connectivity index is 1.74. The van der Waals surface area contributed by atoms with Crippen LogP contribution in [0.4, 0.5) is 0 Å². The van der Waals surface area contributed by atoms with Crippen molar-refractivity contribution in [2.75, 3.05) is 19.8 Å². The third kappa shape index (κ3) is 9.99. The van der Waals surface area contributed by atoms with Crippen molar-refractivity contribution >= 4 is 0 Å². The average molecular weight is 549 g/mol. The molecule has 0 unspecified atom stereocenters. The van der Waals surface area contributed by atoms with E-state index in [1.54, 1.807) is 6.26 Å². The van der Waals surface area contributed by atoms with Crippen LogP contribution in [0.3, 0.4) is 0 Å². The number of oxazole rings is 1. The molecule has 0 aliphatic carbocycles. The summed E-state index contributed by atoms with van der Waals surface area (Å²) in [4.78, 5) is 4.85. The molecule has 0 bridgehead atoms. The molecular formula is C35H52N2O3. The Morgan fingerprint density at radius 2 is 1.57 bits per heavy atom. The highest BCUT2D eigenvalue weighted by atomic mass is 16.5. The van der Waals surface area contributed by atoms with Crippen LogP contribution in [-0.4, -0.2) is 24.7 Å². The Labute approximate surface area is 243 Å². The van der Waals surface area contributed by atoms with Crippen molar-refractivity contribution in [3.05, 3.63) is 65.0 Å². The molecule has 0 aliphatic rings. The van der Waals surface area contributed by atoms with E-state index >= 15 is 0 Å². The van der Waals surface area contributed by atoms with E-state index in [9.17, 15) is 0 Å². The summed E-state index contributed by atoms with van der Waals surface area (Å²) in [5.41, 5.74) is 5.63. The fourth-order valence-electron chi connectivity index (χ4n) is 4.79. The van der Waals surface area contributed by atoms with Gasteiger partial charge in [-0.25, -0.2) is 4.98 Å². The molecule has 40 heavy (non-hydrogen) atoms. The van der Waals surface area contributed by atoms with Crippen LogP contribution in [-0.2, 0) is 24.8 Å². The van der Waals surface area contributed by atoms with Crippen molar-refractivity contribution in [2.24, 2.45) is 0 Å². The van der Waals surface area contributed by atoms with E-state index in [4.69, 9.17) is 18.9 Å². The maximum absolute atomic E-state index is 6.50. The highest BCUT2D eigenvalue weighted by molar-refractivity contribution is 5.62. The molecule has 1 aromatic heterocycles. The molecule has 0 saturated heterocycles. The summed E-state index contributed by atoms with van der Waals surface area (Å²) >= 11 is 0. The first-order chi connectivity index (χ1) is 19.4. The molecular weight excluding hydrogens is 496 g/mol. The molecule has 0 fully saturated rings. The summed E-state index contributed by atoms with van der Waals surface area (Å²) < 4.78 is 18.5. The molecule has 0 radical (unpaired) electrons. The Kier molecular flexibility index (Phi) is 13.1. The van der Waals surface area contributed by atoms with Gasteiger partial charge in [-0.3, -0.25) is 0 Å². The molecule has 5 heteroatoms. The zero-order chi connectivity index (χ0) is 28.8. The van der Waals surface area contributed by atoms with Gasteiger partial charge in [0.1, 0.15) is 17.8 Å². The van der Waals surface area contributed by atoms with Gasteiger partial charge < -0.3 is 19.2 Å². The van der Waals surface area contributed by atoms with Crippen molar-refractivity contribution in [3.8, 4) is 23.0 Å². The Hall–Kier alpha value is -2.79. The first kappa shape index (κ1) is 31.7. The molecule has 0 saturated carbocycles. The van der Waals surface area contributed by atoms with Crippen LogP contribution in [0.15, 0.2) is 47.1 Å². The number of hydrogen-bond acceptors (Lipinski definition) is 5. The highest BCUT2D eigenvalue weighted by Crippen LogP contribution is 2.39. The number of nitrogens with one attached hydrogen (secondary N) is 1. The monoisotopic (exact) mass is 548 g/mol. The number of rotatable bonds is 18. The minimum atomic E-state index is -0.0559. The molecule has 0 amide bonds. The van der Waals surface area contributed by atoms with Gasteiger partial charge in [-0.05, 0) is 66.6 Å². The molecule has 5 nitrogen and oxygen atoms in total. The average Bonchev–Trinajstić information content (AvgIpc) is 3.41. The number of aryl methyl sites for hydroxylation is 1. The van der Waals surface area contributed by atoms with E-state index in [2.05, 4.69) is 71.1 Å². The van der Waals surface area contributed by atoms with Gasteiger partial charge >= 0.3 is 0 Å². The maximum atomic E-state index is 6.50. The fourth-order valence-corrected chi connectivity index (χ4v) is 4.79. The lowest BCUT2D eigenvalue weighted by molar-refractivity contribution is 0.295. The van der Waals surface area contributed by atoms with Crippen molar-refractivity contribution in [1.29, 1.82) is 0 Å². The summed E-state index contributed by atoms with van der Waals surface area (Å²) in [5.74, 6) is 2.61. The molecule has 3 rings (SSSR count). The normalized spacial score (nSPS) is 11.7. The van der Waals surface area contributed by atoms with Crippen LogP contribution >= 0.6 is 0 Å². The van der Waals surface area contributed by atoms with Crippen LogP contribution in [0.2, 0.25) is 0 Å². The van der Waals surface area contributed by atoms with Crippen LogP contribution < -0.4 is 14.8 Å². The maximum Gasteiger partial charge on any atom is 0.226 e. The molecule has 1 heterocycles. The molecule has 2 aromatic carbocycles. The number of hydrogen-bond donors (Lipinski definition) is 1. The number of unbranched alkanes of at least 4 members (excludes halogenated alkanes) is 5. The molecule has 220 valence electrons. The van der Waals surface area contributed by atoms with Gasteiger partial charge in [0.25, 0.3) is 0 Å². The number of aromatic nitrogens is 1. The van der Waals surface area contributed by atoms with Crippen molar-refractivity contribution < 1.29 is 13.9 Å². The smallest absolute Gasteiger partial charge is 0.226 e. The lowest BCUT2D eigenvalue weighted by atomic mass is 9.83. The molecule has 1 N–H and O–H groups in total. The van der Waals surface area contributed by atoms with Crippen LogP contribution in [0, 0.1) is 0 Å². The Bertz CT molecular complexity index is 1130. The quantitative estimate of drug-likeness (QED) is 0.161. The zero-order valence-corrected chi connectivity index (χ0v) is 25.9. The Morgan fingerprint density at radius 3 is 2.27 bits per heavy atom. The minimum Gasteiger partial charge on any atom is -0.493 e. The van der Waals surface area contributed by atoms with Gasteiger partial charge in [0.05, 0.1) is 18.9 Å². The summed E-state index contributed by atoms with van der Waals surface area (Å²) in [5, 5.41) is 3.34. The lowest BCUT2D eigenvalue weighted by Gasteiger charge is -2.26. The summed E-state index contributed by atoms with van der Waals surface area (Å²) in [6.07, 6.45) is 11.8. The van der Waals surface area contributed by atoms with Crippen molar-refractivity contribution in [2.45, 2.75) is 111 Å².